The number of rotatable bonds is 5. The zero-order chi connectivity index (χ0) is 21.7. The summed E-state index contributed by atoms with van der Waals surface area (Å²) in [6.45, 7) is 2.75. The molecule has 3 aromatic heterocycles. The Hall–Kier alpha value is -1.91. The third kappa shape index (κ3) is 3.68. The molecule has 0 saturated heterocycles. The topological polar surface area (TPSA) is 58.7 Å². The van der Waals surface area contributed by atoms with Crippen molar-refractivity contribution in [3.05, 3.63) is 50.1 Å². The molecule has 1 aliphatic rings. The van der Waals surface area contributed by atoms with Gasteiger partial charge in [0.25, 0.3) is 5.56 Å². The van der Waals surface area contributed by atoms with Gasteiger partial charge in [-0.3, -0.25) is 4.79 Å². The van der Waals surface area contributed by atoms with E-state index in [2.05, 4.69) is 45.5 Å². The minimum absolute atomic E-state index is 0.0379. The quantitative estimate of drug-likeness (QED) is 0.413. The normalized spacial score (nSPS) is 14.7. The molecule has 7 nitrogen and oxygen atoms in total. The number of thiophene rings is 1. The number of hydrogen-bond donors (Lipinski definition) is 0. The molecule has 10 heteroatoms. The summed E-state index contributed by atoms with van der Waals surface area (Å²) in [4.78, 5) is 20.4. The van der Waals surface area contributed by atoms with E-state index in [9.17, 15) is 4.79 Å². The second-order valence-electron chi connectivity index (χ2n) is 8.06. The highest BCUT2D eigenvalue weighted by atomic mass is 35.5. The zero-order valence-electron chi connectivity index (χ0n) is 17.6. The molecule has 0 fully saturated rings. The first-order valence-electron chi connectivity index (χ1n) is 10.1. The summed E-state index contributed by atoms with van der Waals surface area (Å²) in [6.07, 6.45) is 0.873. The molecular weight excluding hydrogens is 452 g/mol. The molecule has 4 aromatic rings. The van der Waals surface area contributed by atoms with Crippen molar-refractivity contribution in [2.24, 2.45) is 0 Å². The van der Waals surface area contributed by atoms with Crippen LogP contribution in [0.3, 0.4) is 0 Å². The number of likely N-dealkylation sites (N-methyl/N-ethyl adjacent to an activating group) is 1. The van der Waals surface area contributed by atoms with Crippen molar-refractivity contribution in [1.29, 1.82) is 0 Å². The number of fused-ring (bicyclic) bond motifs is 5. The average molecular weight is 475 g/mol. The van der Waals surface area contributed by atoms with Gasteiger partial charge in [0.2, 0.25) is 5.78 Å². The first kappa shape index (κ1) is 21.0. The predicted octanol–water partition coefficient (Wildman–Crippen LogP) is 3.39. The summed E-state index contributed by atoms with van der Waals surface area (Å²) in [7, 11) is 6.24. The van der Waals surface area contributed by atoms with Gasteiger partial charge in [-0.25, -0.2) is 8.97 Å². The van der Waals surface area contributed by atoms with Crippen molar-refractivity contribution in [3.63, 3.8) is 0 Å². The number of nitrogens with zero attached hydrogens (tertiary/aromatic N) is 6. The van der Waals surface area contributed by atoms with Crippen LogP contribution >= 0.6 is 34.7 Å². The standard InChI is InChI=1S/C21H23ClN6OS2/c1-25(2)10-11-30-21-24-23-20-27(14-6-4-13(22)5-7-14)18(29)17-15-8-9-26(3)12-16(15)31-19(17)28(20)21/h4-7H,8-12H2,1-3H3. The Morgan fingerprint density at radius 3 is 2.74 bits per heavy atom. The molecule has 1 aliphatic heterocycles. The summed E-state index contributed by atoms with van der Waals surface area (Å²) in [5.74, 6) is 1.43. The number of hydrogen-bond acceptors (Lipinski definition) is 7. The highest BCUT2D eigenvalue weighted by Crippen LogP contribution is 2.35. The highest BCUT2D eigenvalue weighted by molar-refractivity contribution is 7.99. The van der Waals surface area contributed by atoms with Crippen LogP contribution in [0.25, 0.3) is 21.7 Å². The minimum Gasteiger partial charge on any atom is -0.309 e. The van der Waals surface area contributed by atoms with Gasteiger partial charge in [-0.05, 0) is 57.4 Å². The van der Waals surface area contributed by atoms with Crippen LogP contribution in [0.5, 0.6) is 0 Å². The summed E-state index contributed by atoms with van der Waals surface area (Å²) in [5.41, 5.74) is 1.88. The third-order valence-corrected chi connectivity index (χ3v) is 7.88. The average Bonchev–Trinajstić information content (AvgIpc) is 3.30. The molecule has 162 valence electrons. The lowest BCUT2D eigenvalue weighted by molar-refractivity contribution is 0.318. The van der Waals surface area contributed by atoms with E-state index in [4.69, 9.17) is 11.6 Å². The largest absolute Gasteiger partial charge is 0.309 e. The van der Waals surface area contributed by atoms with E-state index in [0.29, 0.717) is 10.8 Å². The summed E-state index contributed by atoms with van der Waals surface area (Å²) < 4.78 is 3.74. The van der Waals surface area contributed by atoms with Crippen molar-refractivity contribution in [2.75, 3.05) is 40.0 Å². The Bertz CT molecular complexity index is 1320. The number of benzene rings is 1. The Balaban J connectivity index is 1.79. The molecule has 5 rings (SSSR count). The van der Waals surface area contributed by atoms with Gasteiger partial charge in [0.15, 0.2) is 5.16 Å². The molecule has 0 amide bonds. The number of halogens is 1. The fourth-order valence-corrected chi connectivity index (χ4v) is 6.56. The Kier molecular flexibility index (Phi) is 5.56. The van der Waals surface area contributed by atoms with Gasteiger partial charge in [-0.2, -0.15) is 0 Å². The molecule has 0 N–H and O–H groups in total. The first-order chi connectivity index (χ1) is 14.9. The molecule has 0 spiro atoms. The van der Waals surface area contributed by atoms with Crippen LogP contribution in [0.15, 0.2) is 34.2 Å². The molecule has 0 unspecified atom stereocenters. The maximum absolute atomic E-state index is 13.8. The third-order valence-electron chi connectivity index (χ3n) is 5.52. The summed E-state index contributed by atoms with van der Waals surface area (Å²) in [6, 6.07) is 7.31. The van der Waals surface area contributed by atoms with E-state index in [0.717, 1.165) is 52.9 Å². The smallest absolute Gasteiger partial charge is 0.268 e. The van der Waals surface area contributed by atoms with Crippen molar-refractivity contribution >= 4 is 50.7 Å². The summed E-state index contributed by atoms with van der Waals surface area (Å²) >= 11 is 9.46. The molecule has 0 aliphatic carbocycles. The minimum atomic E-state index is -0.0379. The molecular formula is C21H23ClN6OS2. The van der Waals surface area contributed by atoms with E-state index in [-0.39, 0.29) is 5.56 Å². The maximum Gasteiger partial charge on any atom is 0.268 e. The van der Waals surface area contributed by atoms with Crippen LogP contribution in [0.1, 0.15) is 10.4 Å². The Morgan fingerprint density at radius 1 is 1.23 bits per heavy atom. The van der Waals surface area contributed by atoms with E-state index in [1.807, 2.05) is 12.1 Å². The molecule has 31 heavy (non-hydrogen) atoms. The fourth-order valence-electron chi connectivity index (χ4n) is 3.92. The molecule has 4 heterocycles. The van der Waals surface area contributed by atoms with Crippen LogP contribution in [0, 0.1) is 0 Å². The van der Waals surface area contributed by atoms with Gasteiger partial charge in [-0.15, -0.1) is 21.5 Å². The highest BCUT2D eigenvalue weighted by Gasteiger charge is 2.26. The van der Waals surface area contributed by atoms with Gasteiger partial charge in [0, 0.05) is 35.3 Å². The predicted molar refractivity (Wildman–Crippen MR) is 128 cm³/mol. The fraction of sp³-hybridized carbons (Fsp3) is 0.381. The number of thioether (sulfide) groups is 1. The van der Waals surface area contributed by atoms with Gasteiger partial charge in [0.05, 0.1) is 11.1 Å². The lowest BCUT2D eigenvalue weighted by Crippen LogP contribution is -2.27. The van der Waals surface area contributed by atoms with Crippen LogP contribution in [-0.4, -0.2) is 69.0 Å². The molecule has 0 radical (unpaired) electrons. The van der Waals surface area contributed by atoms with Crippen LogP contribution < -0.4 is 5.56 Å². The zero-order valence-corrected chi connectivity index (χ0v) is 20.0. The first-order valence-corrected chi connectivity index (χ1v) is 12.3. The second kappa shape index (κ2) is 8.22. The van der Waals surface area contributed by atoms with Gasteiger partial charge in [-0.1, -0.05) is 23.4 Å². The molecule has 0 atom stereocenters. The van der Waals surface area contributed by atoms with Crippen LogP contribution in [-0.2, 0) is 13.0 Å². The molecule has 1 aromatic carbocycles. The number of aromatic nitrogens is 4. The lowest BCUT2D eigenvalue weighted by atomic mass is 10.1. The SMILES string of the molecule is CN(C)CCSc1nnc2n(-c3ccc(Cl)cc3)c(=O)c3c4c(sc3n12)CN(C)CC4. The van der Waals surface area contributed by atoms with E-state index in [1.165, 1.54) is 10.4 Å². The van der Waals surface area contributed by atoms with Crippen molar-refractivity contribution in [2.45, 2.75) is 18.1 Å². The van der Waals surface area contributed by atoms with Crippen LogP contribution in [0.2, 0.25) is 5.02 Å². The Labute approximate surface area is 193 Å². The van der Waals surface area contributed by atoms with E-state index in [1.54, 1.807) is 39.8 Å². The lowest BCUT2D eigenvalue weighted by Gasteiger charge is -2.21. The monoisotopic (exact) mass is 474 g/mol. The van der Waals surface area contributed by atoms with E-state index >= 15 is 0 Å². The van der Waals surface area contributed by atoms with Crippen molar-refractivity contribution in [3.8, 4) is 5.69 Å². The maximum atomic E-state index is 13.8. The van der Waals surface area contributed by atoms with Gasteiger partial charge >= 0.3 is 0 Å². The van der Waals surface area contributed by atoms with Crippen LogP contribution in [0.4, 0.5) is 0 Å². The van der Waals surface area contributed by atoms with Gasteiger partial charge in [0.1, 0.15) is 4.83 Å². The molecule has 0 saturated carbocycles. The van der Waals surface area contributed by atoms with Crippen molar-refractivity contribution in [1.82, 2.24) is 29.0 Å². The summed E-state index contributed by atoms with van der Waals surface area (Å²) in [5, 5.41) is 11.2. The van der Waals surface area contributed by atoms with Gasteiger partial charge < -0.3 is 9.80 Å². The Morgan fingerprint density at radius 2 is 2.00 bits per heavy atom. The van der Waals surface area contributed by atoms with E-state index < -0.39 is 0 Å². The molecule has 0 bridgehead atoms. The second-order valence-corrected chi connectivity index (χ2v) is 10.6. The van der Waals surface area contributed by atoms with Crippen molar-refractivity contribution < 1.29 is 0 Å².